The molecule has 0 saturated heterocycles. The average molecular weight is 303 g/mol. The van der Waals surface area contributed by atoms with Crippen molar-refractivity contribution in [3.05, 3.63) is 0 Å². The zero-order valence-electron chi connectivity index (χ0n) is 16.5. The van der Waals surface area contributed by atoms with Crippen LogP contribution in [0.2, 0.25) is 0 Å². The van der Waals surface area contributed by atoms with E-state index in [1.54, 1.807) is 13.8 Å². The van der Waals surface area contributed by atoms with Crippen LogP contribution in [-0.2, 0) is 9.59 Å². The van der Waals surface area contributed by atoms with Gasteiger partial charge in [-0.05, 0) is 32.1 Å². The Morgan fingerprint density at radius 1 is 0.714 bits per heavy atom. The molecule has 130 valence electrons. The van der Waals surface area contributed by atoms with Gasteiger partial charge in [0, 0.05) is 12.8 Å². The SMILES string of the molecule is CC(=O)CC(C)C.CC(=O)CCC(C)C.CCC.CCC. The summed E-state index contributed by atoms with van der Waals surface area (Å²) < 4.78 is 0. The third-order valence-corrected chi connectivity index (χ3v) is 1.77. The van der Waals surface area contributed by atoms with Crippen LogP contribution in [-0.4, -0.2) is 11.6 Å². The highest BCUT2D eigenvalue weighted by molar-refractivity contribution is 5.75. The Bertz CT molecular complexity index is 204. The lowest BCUT2D eigenvalue weighted by atomic mass is 10.1. The molecule has 21 heavy (non-hydrogen) atoms. The van der Waals surface area contributed by atoms with Gasteiger partial charge >= 0.3 is 0 Å². The van der Waals surface area contributed by atoms with E-state index < -0.39 is 0 Å². The van der Waals surface area contributed by atoms with Crippen molar-refractivity contribution < 1.29 is 9.59 Å². The predicted molar refractivity (Wildman–Crippen MR) is 96.8 cm³/mol. The summed E-state index contributed by atoms with van der Waals surface area (Å²) in [6.07, 6.45) is 5.01. The van der Waals surface area contributed by atoms with E-state index >= 15 is 0 Å². The van der Waals surface area contributed by atoms with E-state index in [0.29, 0.717) is 17.6 Å². The van der Waals surface area contributed by atoms with Crippen LogP contribution in [0.4, 0.5) is 0 Å². The second-order valence-corrected chi connectivity index (χ2v) is 6.35. The quantitative estimate of drug-likeness (QED) is 0.583. The fourth-order valence-electron chi connectivity index (χ4n) is 1.07. The van der Waals surface area contributed by atoms with Crippen LogP contribution >= 0.6 is 0 Å². The molecule has 2 heteroatoms. The summed E-state index contributed by atoms with van der Waals surface area (Å²) in [7, 11) is 0. The fourth-order valence-corrected chi connectivity index (χ4v) is 1.07. The van der Waals surface area contributed by atoms with Gasteiger partial charge in [-0.1, -0.05) is 68.2 Å². The predicted octanol–water partition coefficient (Wildman–Crippen LogP) is 6.47. The van der Waals surface area contributed by atoms with Gasteiger partial charge in [-0.25, -0.2) is 0 Å². The smallest absolute Gasteiger partial charge is 0.130 e. The zero-order valence-corrected chi connectivity index (χ0v) is 16.5. The van der Waals surface area contributed by atoms with Crippen molar-refractivity contribution >= 4 is 11.6 Å². The van der Waals surface area contributed by atoms with E-state index in [9.17, 15) is 9.59 Å². The first-order valence-electron chi connectivity index (χ1n) is 8.57. The van der Waals surface area contributed by atoms with E-state index in [0.717, 1.165) is 19.3 Å². The summed E-state index contributed by atoms with van der Waals surface area (Å²) in [4.78, 5) is 20.6. The molecule has 0 atom stereocenters. The van der Waals surface area contributed by atoms with Crippen molar-refractivity contribution in [2.45, 2.75) is 101 Å². The number of carbonyl (C=O) groups is 2. The molecule has 0 rings (SSSR count). The molecular weight excluding hydrogens is 260 g/mol. The molecule has 0 aromatic heterocycles. The molecule has 0 N–H and O–H groups in total. The minimum atomic E-state index is 0.287. The second kappa shape index (κ2) is 24.4. The maximum atomic E-state index is 10.3. The summed E-state index contributed by atoms with van der Waals surface area (Å²) in [5.41, 5.74) is 0. The minimum Gasteiger partial charge on any atom is -0.300 e. The van der Waals surface area contributed by atoms with Gasteiger partial charge < -0.3 is 9.59 Å². The fraction of sp³-hybridized carbons (Fsp3) is 0.895. The lowest BCUT2D eigenvalue weighted by Crippen LogP contribution is -1.95. The van der Waals surface area contributed by atoms with Crippen LogP contribution in [0.3, 0.4) is 0 Å². The normalized spacial score (nSPS) is 8.76. The molecule has 0 amide bonds. The highest BCUT2D eigenvalue weighted by atomic mass is 16.1. The Balaban J connectivity index is -0.000000101. The van der Waals surface area contributed by atoms with Gasteiger partial charge in [-0.3, -0.25) is 0 Å². The molecular formula is C19H42O2. The van der Waals surface area contributed by atoms with Crippen LogP contribution in [0.1, 0.15) is 101 Å². The van der Waals surface area contributed by atoms with Crippen LogP contribution in [0.25, 0.3) is 0 Å². The molecule has 0 saturated carbocycles. The molecule has 0 aromatic rings. The standard InChI is InChI=1S/C7H14O.C6H12O.2C3H8/c1-6(2)4-5-7(3)8;1-5(2)4-6(3)7;2*1-3-2/h6H,4-5H2,1-3H3;5H,4H2,1-3H3;2*3H2,1-2H3. The van der Waals surface area contributed by atoms with Gasteiger partial charge in [0.1, 0.15) is 11.6 Å². The number of ketones is 2. The molecule has 0 aliphatic carbocycles. The van der Waals surface area contributed by atoms with Gasteiger partial charge in [-0.15, -0.1) is 0 Å². The van der Waals surface area contributed by atoms with E-state index in [1.807, 2.05) is 13.8 Å². The van der Waals surface area contributed by atoms with Gasteiger partial charge in [0.15, 0.2) is 0 Å². The van der Waals surface area contributed by atoms with Gasteiger partial charge in [0.2, 0.25) is 0 Å². The summed E-state index contributed by atoms with van der Waals surface area (Å²) >= 11 is 0. The Hall–Kier alpha value is -0.660. The summed E-state index contributed by atoms with van der Waals surface area (Å²) in [6, 6.07) is 0. The molecule has 0 radical (unpaired) electrons. The number of Topliss-reactive ketones (excluding diaryl/α,β-unsaturated/α-hetero) is 2. The third-order valence-electron chi connectivity index (χ3n) is 1.77. The van der Waals surface area contributed by atoms with E-state index in [2.05, 4.69) is 41.5 Å². The van der Waals surface area contributed by atoms with Gasteiger partial charge in [0.05, 0.1) is 0 Å². The van der Waals surface area contributed by atoms with Crippen LogP contribution in [0, 0.1) is 11.8 Å². The third kappa shape index (κ3) is 83.6. The van der Waals surface area contributed by atoms with Gasteiger partial charge in [-0.2, -0.15) is 0 Å². The largest absolute Gasteiger partial charge is 0.300 e. The number of hydrogen-bond acceptors (Lipinski definition) is 2. The molecule has 0 fully saturated rings. The van der Waals surface area contributed by atoms with E-state index in [4.69, 9.17) is 0 Å². The number of hydrogen-bond donors (Lipinski definition) is 0. The Kier molecular flexibility index (Phi) is 33.1. The monoisotopic (exact) mass is 302 g/mol. The second-order valence-electron chi connectivity index (χ2n) is 6.35. The molecule has 0 spiro atoms. The topological polar surface area (TPSA) is 34.1 Å². The van der Waals surface area contributed by atoms with Gasteiger partial charge in [0.25, 0.3) is 0 Å². The Labute approximate surface area is 135 Å². The maximum Gasteiger partial charge on any atom is 0.130 e. The van der Waals surface area contributed by atoms with E-state index in [-0.39, 0.29) is 5.78 Å². The molecule has 0 bridgehead atoms. The highest BCUT2D eigenvalue weighted by Gasteiger charge is 1.96. The lowest BCUT2D eigenvalue weighted by Gasteiger charge is -1.98. The average Bonchev–Trinajstić information content (AvgIpc) is 2.27. The maximum absolute atomic E-state index is 10.3. The van der Waals surface area contributed by atoms with Crippen LogP contribution in [0.5, 0.6) is 0 Å². The van der Waals surface area contributed by atoms with Crippen molar-refractivity contribution in [2.75, 3.05) is 0 Å². The first-order chi connectivity index (χ1) is 9.58. The molecule has 0 heterocycles. The van der Waals surface area contributed by atoms with Crippen molar-refractivity contribution in [3.63, 3.8) is 0 Å². The van der Waals surface area contributed by atoms with E-state index in [1.165, 1.54) is 12.8 Å². The Morgan fingerprint density at radius 3 is 1.10 bits per heavy atom. The molecule has 0 aliphatic heterocycles. The van der Waals surface area contributed by atoms with Crippen LogP contribution in [0.15, 0.2) is 0 Å². The number of carbonyl (C=O) groups excluding carboxylic acids is 2. The lowest BCUT2D eigenvalue weighted by molar-refractivity contribution is -0.118. The van der Waals surface area contributed by atoms with Crippen molar-refractivity contribution in [3.8, 4) is 0 Å². The first kappa shape index (κ1) is 28.5. The van der Waals surface area contributed by atoms with Crippen molar-refractivity contribution in [1.29, 1.82) is 0 Å². The Morgan fingerprint density at radius 2 is 1.05 bits per heavy atom. The van der Waals surface area contributed by atoms with Crippen molar-refractivity contribution in [1.82, 2.24) is 0 Å². The minimum absolute atomic E-state index is 0.287. The molecule has 0 aliphatic rings. The highest BCUT2D eigenvalue weighted by Crippen LogP contribution is 2.02. The summed E-state index contributed by atoms with van der Waals surface area (Å²) in [5, 5.41) is 0. The van der Waals surface area contributed by atoms with Crippen molar-refractivity contribution in [2.24, 2.45) is 11.8 Å². The summed E-state index contributed by atoms with van der Waals surface area (Å²) in [5.74, 6) is 1.78. The molecule has 2 nitrogen and oxygen atoms in total. The molecule has 0 aromatic carbocycles. The van der Waals surface area contributed by atoms with Crippen LogP contribution < -0.4 is 0 Å². The zero-order chi connectivity index (χ0) is 17.8. The summed E-state index contributed by atoms with van der Waals surface area (Å²) in [6.45, 7) is 20.1. The molecule has 0 unspecified atom stereocenters. The number of rotatable bonds is 5. The first-order valence-corrected chi connectivity index (χ1v) is 8.57.